The van der Waals surface area contributed by atoms with Gasteiger partial charge in [-0.2, -0.15) is 0 Å². The van der Waals surface area contributed by atoms with Crippen molar-refractivity contribution in [2.45, 2.75) is 13.2 Å². The van der Waals surface area contributed by atoms with E-state index in [1.54, 1.807) is 12.1 Å². The van der Waals surface area contributed by atoms with Crippen LogP contribution in [0.4, 0.5) is 14.6 Å². The maximum Gasteiger partial charge on any atom is 0.586 e. The summed E-state index contributed by atoms with van der Waals surface area (Å²) in [7, 11) is 0. The van der Waals surface area contributed by atoms with E-state index in [9.17, 15) is 13.6 Å². The monoisotopic (exact) mass is 391 g/mol. The molecule has 0 fully saturated rings. The van der Waals surface area contributed by atoms with E-state index in [1.807, 2.05) is 6.92 Å². The predicted molar refractivity (Wildman–Crippen MR) is 95.6 cm³/mol. The zero-order chi connectivity index (χ0) is 19.2. The molecule has 27 heavy (non-hydrogen) atoms. The van der Waals surface area contributed by atoms with E-state index in [4.69, 9.17) is 11.6 Å². The highest BCUT2D eigenvalue weighted by Gasteiger charge is 2.43. The molecule has 0 saturated heterocycles. The van der Waals surface area contributed by atoms with Gasteiger partial charge < -0.3 is 14.8 Å². The number of aliphatic imine (C=N–C) groups is 1. The number of alkyl halides is 2. The van der Waals surface area contributed by atoms with E-state index in [0.717, 1.165) is 5.57 Å². The summed E-state index contributed by atoms with van der Waals surface area (Å²) in [6, 6.07) is 5.87. The van der Waals surface area contributed by atoms with Crippen molar-refractivity contribution in [3.8, 4) is 22.6 Å². The van der Waals surface area contributed by atoms with Gasteiger partial charge in [-0.1, -0.05) is 11.6 Å². The van der Waals surface area contributed by atoms with Crippen LogP contribution >= 0.6 is 11.6 Å². The molecular formula is C18H12ClF2N3O3. The van der Waals surface area contributed by atoms with Gasteiger partial charge in [0.25, 0.3) is 5.91 Å². The summed E-state index contributed by atoms with van der Waals surface area (Å²) in [4.78, 5) is 20.4. The number of amides is 1. The van der Waals surface area contributed by atoms with Crippen LogP contribution in [0.2, 0.25) is 5.02 Å². The van der Waals surface area contributed by atoms with Gasteiger partial charge in [-0.3, -0.25) is 9.79 Å². The molecule has 0 aliphatic carbocycles. The molecule has 0 spiro atoms. The Hall–Kier alpha value is -3.00. The van der Waals surface area contributed by atoms with Crippen LogP contribution in [0.3, 0.4) is 0 Å². The molecule has 2 aliphatic rings. The molecule has 6 nitrogen and oxygen atoms in total. The number of nitrogens with zero attached hydrogens (tertiary/aromatic N) is 2. The van der Waals surface area contributed by atoms with Crippen molar-refractivity contribution in [1.82, 2.24) is 4.98 Å². The number of hydrogen-bond donors (Lipinski definition) is 1. The van der Waals surface area contributed by atoms with E-state index in [1.165, 1.54) is 24.5 Å². The average molecular weight is 392 g/mol. The number of rotatable bonds is 3. The van der Waals surface area contributed by atoms with Crippen molar-refractivity contribution in [3.05, 3.63) is 46.6 Å². The lowest BCUT2D eigenvalue weighted by molar-refractivity contribution is -0.286. The summed E-state index contributed by atoms with van der Waals surface area (Å²) in [6.45, 7) is 2.35. The third kappa shape index (κ3) is 3.35. The molecule has 0 radical (unpaired) electrons. The summed E-state index contributed by atoms with van der Waals surface area (Å²) in [5, 5.41) is 2.89. The molecule has 0 bridgehead atoms. The lowest BCUT2D eigenvalue weighted by Crippen LogP contribution is -2.25. The normalized spacial score (nSPS) is 16.7. The van der Waals surface area contributed by atoms with Gasteiger partial charge in [0.1, 0.15) is 5.82 Å². The topological polar surface area (TPSA) is 72.8 Å². The molecule has 0 atom stereocenters. The Morgan fingerprint density at radius 2 is 2.00 bits per heavy atom. The van der Waals surface area contributed by atoms with Crippen LogP contribution in [0, 0.1) is 0 Å². The fourth-order valence-corrected chi connectivity index (χ4v) is 2.99. The highest BCUT2D eigenvalue weighted by Crippen LogP contribution is 2.45. The first-order valence-corrected chi connectivity index (χ1v) is 8.27. The highest BCUT2D eigenvalue weighted by molar-refractivity contribution is 6.33. The molecule has 3 heterocycles. The standard InChI is InChI=1S/C18H12ClF2N3O3/c1-9-6-22-8-12(9)17(25)24-16-3-2-10(7-23-16)11-4-14-15(5-13(11)19)27-18(20,21)26-14/h2-5,7-8H,6H2,1H3,(H,23,24,25). The molecule has 1 amide bonds. The van der Waals surface area contributed by atoms with E-state index in [-0.39, 0.29) is 22.4 Å². The Balaban J connectivity index is 1.56. The third-order valence-corrected chi connectivity index (χ3v) is 4.37. The number of nitrogens with one attached hydrogen (secondary N) is 1. The van der Waals surface area contributed by atoms with E-state index in [2.05, 4.69) is 24.8 Å². The maximum absolute atomic E-state index is 13.2. The fraction of sp³-hybridized carbons (Fsp3) is 0.167. The predicted octanol–water partition coefficient (Wildman–Crippen LogP) is 4.06. The lowest BCUT2D eigenvalue weighted by atomic mass is 10.1. The third-order valence-electron chi connectivity index (χ3n) is 4.06. The summed E-state index contributed by atoms with van der Waals surface area (Å²) >= 11 is 6.16. The minimum Gasteiger partial charge on any atom is -0.395 e. The number of ether oxygens (including phenoxy) is 2. The van der Waals surface area contributed by atoms with Crippen molar-refractivity contribution in [1.29, 1.82) is 0 Å². The van der Waals surface area contributed by atoms with Crippen molar-refractivity contribution in [2.75, 3.05) is 11.9 Å². The summed E-state index contributed by atoms with van der Waals surface area (Å²) in [6.07, 6.45) is -0.713. The second-order valence-corrected chi connectivity index (χ2v) is 6.40. The summed E-state index contributed by atoms with van der Waals surface area (Å²) < 4.78 is 35.2. The van der Waals surface area contributed by atoms with Gasteiger partial charge in [0, 0.05) is 29.6 Å². The number of halogens is 3. The van der Waals surface area contributed by atoms with Gasteiger partial charge in [0.2, 0.25) is 0 Å². The van der Waals surface area contributed by atoms with Crippen molar-refractivity contribution in [2.24, 2.45) is 4.99 Å². The first-order valence-electron chi connectivity index (χ1n) is 7.89. The number of aromatic nitrogens is 1. The van der Waals surface area contributed by atoms with Crippen LogP contribution in [0.25, 0.3) is 11.1 Å². The van der Waals surface area contributed by atoms with Crippen molar-refractivity contribution in [3.63, 3.8) is 0 Å². The molecule has 0 unspecified atom stereocenters. The molecule has 2 aromatic rings. The van der Waals surface area contributed by atoms with Crippen LogP contribution in [0.15, 0.2) is 46.6 Å². The van der Waals surface area contributed by atoms with Gasteiger partial charge in [-0.25, -0.2) is 4.98 Å². The first-order chi connectivity index (χ1) is 12.8. The highest BCUT2D eigenvalue weighted by atomic mass is 35.5. The maximum atomic E-state index is 13.2. The second kappa shape index (κ2) is 6.31. The van der Waals surface area contributed by atoms with Crippen molar-refractivity contribution < 1.29 is 23.0 Å². The Bertz CT molecular complexity index is 1000. The smallest absolute Gasteiger partial charge is 0.395 e. The zero-order valence-corrected chi connectivity index (χ0v) is 14.7. The number of anilines is 1. The van der Waals surface area contributed by atoms with Crippen LogP contribution in [-0.2, 0) is 4.79 Å². The van der Waals surface area contributed by atoms with Crippen LogP contribution in [0.5, 0.6) is 11.5 Å². The second-order valence-electron chi connectivity index (χ2n) is 6.00. The van der Waals surface area contributed by atoms with Gasteiger partial charge in [-0.15, -0.1) is 8.78 Å². The number of hydrogen-bond acceptors (Lipinski definition) is 5. The number of pyridine rings is 1. The van der Waals surface area contributed by atoms with Crippen LogP contribution < -0.4 is 14.8 Å². The zero-order valence-electron chi connectivity index (χ0n) is 13.9. The van der Waals surface area contributed by atoms with E-state index in [0.29, 0.717) is 29.1 Å². The first kappa shape index (κ1) is 17.4. The molecule has 4 rings (SSSR count). The molecule has 2 aliphatic heterocycles. The van der Waals surface area contributed by atoms with E-state index >= 15 is 0 Å². The Labute approximate surface area is 157 Å². The van der Waals surface area contributed by atoms with Gasteiger partial charge in [0.05, 0.1) is 17.1 Å². The van der Waals surface area contributed by atoms with Crippen LogP contribution in [-0.4, -0.2) is 29.9 Å². The molecule has 9 heteroatoms. The minimum atomic E-state index is -3.72. The molecule has 0 saturated carbocycles. The minimum absolute atomic E-state index is 0.111. The Kier molecular flexibility index (Phi) is 4.07. The number of benzene rings is 1. The number of carbonyl (C=O) groups excluding carboxylic acids is 1. The average Bonchev–Trinajstić information content (AvgIpc) is 3.16. The molecular weight excluding hydrogens is 380 g/mol. The summed E-state index contributed by atoms with van der Waals surface area (Å²) in [5.74, 6) is -0.197. The molecule has 138 valence electrons. The van der Waals surface area contributed by atoms with Gasteiger partial charge >= 0.3 is 6.29 Å². The number of fused-ring (bicyclic) bond motifs is 1. The quantitative estimate of drug-likeness (QED) is 0.856. The Morgan fingerprint density at radius 3 is 2.63 bits per heavy atom. The number of carbonyl (C=O) groups is 1. The molecule has 1 aromatic carbocycles. The summed E-state index contributed by atoms with van der Waals surface area (Å²) in [5.41, 5.74) is 2.41. The van der Waals surface area contributed by atoms with E-state index < -0.39 is 6.29 Å². The van der Waals surface area contributed by atoms with Crippen LogP contribution in [0.1, 0.15) is 6.92 Å². The lowest BCUT2D eigenvalue weighted by Gasteiger charge is -2.08. The van der Waals surface area contributed by atoms with Crippen molar-refractivity contribution >= 4 is 29.5 Å². The SMILES string of the molecule is CC1=C(C(=O)Nc2ccc(-c3cc4c(cc3Cl)OC(F)(F)O4)cn2)C=NC1. The van der Waals surface area contributed by atoms with Gasteiger partial charge in [-0.05, 0) is 30.7 Å². The largest absolute Gasteiger partial charge is 0.586 e. The Morgan fingerprint density at radius 1 is 1.26 bits per heavy atom. The molecule has 1 aromatic heterocycles. The fourth-order valence-electron chi connectivity index (χ4n) is 2.73. The van der Waals surface area contributed by atoms with Gasteiger partial charge in [0.15, 0.2) is 11.5 Å². The molecule has 1 N–H and O–H groups in total.